The standard InChI is InChI=1S/C17H13N3O3S2/c1-9(10-2-3-12-13(6-10)23-8-22-12)18-15(21)14-7-11-16(25-14)19-17-20(11)4-5-24-17/h2-7,9H,8H2,1H3,(H,18,21)/t9-/m0/s1. The molecule has 5 rings (SSSR count). The molecule has 4 heterocycles. The molecule has 0 aliphatic carbocycles. The molecule has 1 amide bonds. The lowest BCUT2D eigenvalue weighted by Crippen LogP contribution is -2.25. The van der Waals surface area contributed by atoms with Crippen molar-refractivity contribution in [2.75, 3.05) is 6.79 Å². The van der Waals surface area contributed by atoms with Crippen LogP contribution < -0.4 is 14.8 Å². The number of ether oxygens (including phenoxy) is 2. The fourth-order valence-corrected chi connectivity index (χ4v) is 4.60. The molecule has 3 aromatic heterocycles. The number of carbonyl (C=O) groups excluding carboxylic acids is 1. The smallest absolute Gasteiger partial charge is 0.261 e. The van der Waals surface area contributed by atoms with Crippen LogP contribution in [0.5, 0.6) is 11.5 Å². The zero-order valence-corrected chi connectivity index (χ0v) is 14.8. The summed E-state index contributed by atoms with van der Waals surface area (Å²) < 4.78 is 12.7. The summed E-state index contributed by atoms with van der Waals surface area (Å²) in [4.78, 5) is 19.6. The normalized spacial score (nSPS) is 14.3. The first-order chi connectivity index (χ1) is 12.2. The Labute approximate surface area is 150 Å². The van der Waals surface area contributed by atoms with Crippen LogP contribution in [0.15, 0.2) is 35.8 Å². The molecule has 1 aliphatic rings. The third-order valence-electron chi connectivity index (χ3n) is 4.21. The van der Waals surface area contributed by atoms with E-state index in [2.05, 4.69) is 10.3 Å². The Morgan fingerprint density at radius 3 is 3.12 bits per heavy atom. The van der Waals surface area contributed by atoms with Crippen molar-refractivity contribution in [2.24, 2.45) is 0 Å². The van der Waals surface area contributed by atoms with Gasteiger partial charge in [0, 0.05) is 11.6 Å². The number of amides is 1. The highest BCUT2D eigenvalue weighted by Crippen LogP contribution is 2.34. The Balaban J connectivity index is 1.39. The lowest BCUT2D eigenvalue weighted by molar-refractivity contribution is 0.0944. The molecule has 0 bridgehead atoms. The van der Waals surface area contributed by atoms with Gasteiger partial charge in [-0.05, 0) is 30.7 Å². The second-order valence-corrected chi connectivity index (χ2v) is 7.68. The summed E-state index contributed by atoms with van der Waals surface area (Å²) in [5.74, 6) is 1.35. The lowest BCUT2D eigenvalue weighted by atomic mass is 10.1. The molecule has 8 heteroatoms. The molecule has 1 atom stereocenters. The van der Waals surface area contributed by atoms with E-state index in [1.165, 1.54) is 11.3 Å². The van der Waals surface area contributed by atoms with Crippen molar-refractivity contribution >= 4 is 43.9 Å². The summed E-state index contributed by atoms with van der Waals surface area (Å²) in [7, 11) is 0. The van der Waals surface area contributed by atoms with Gasteiger partial charge in [-0.15, -0.1) is 22.7 Å². The SMILES string of the molecule is C[C@H](NC(=O)c1cc2c(nc3sccn32)s1)c1ccc2c(c1)OCO2. The van der Waals surface area contributed by atoms with Crippen LogP contribution in [-0.2, 0) is 0 Å². The number of fused-ring (bicyclic) bond motifs is 4. The van der Waals surface area contributed by atoms with E-state index in [0.717, 1.165) is 26.6 Å². The molecule has 1 aromatic carbocycles. The number of nitrogens with zero attached hydrogens (tertiary/aromatic N) is 2. The van der Waals surface area contributed by atoms with Crippen LogP contribution >= 0.6 is 22.7 Å². The Hall–Kier alpha value is -2.58. The molecule has 1 N–H and O–H groups in total. The Morgan fingerprint density at radius 1 is 1.32 bits per heavy atom. The summed E-state index contributed by atoms with van der Waals surface area (Å²) in [6.07, 6.45) is 1.97. The van der Waals surface area contributed by atoms with Crippen LogP contribution in [0.1, 0.15) is 28.2 Å². The van der Waals surface area contributed by atoms with Crippen LogP contribution in [0.4, 0.5) is 0 Å². The first-order valence-corrected chi connectivity index (χ1v) is 9.44. The summed E-state index contributed by atoms with van der Waals surface area (Å²) in [5, 5.41) is 5.02. The maximum absolute atomic E-state index is 12.6. The number of imidazole rings is 1. The van der Waals surface area contributed by atoms with Gasteiger partial charge in [0.15, 0.2) is 16.5 Å². The van der Waals surface area contributed by atoms with Crippen LogP contribution in [-0.4, -0.2) is 22.1 Å². The van der Waals surface area contributed by atoms with E-state index in [9.17, 15) is 4.79 Å². The molecule has 126 valence electrons. The Kier molecular flexibility index (Phi) is 3.22. The van der Waals surface area contributed by atoms with Gasteiger partial charge < -0.3 is 14.8 Å². The number of aromatic nitrogens is 2. The van der Waals surface area contributed by atoms with Gasteiger partial charge in [-0.2, -0.15) is 0 Å². The van der Waals surface area contributed by atoms with Crippen molar-refractivity contribution in [2.45, 2.75) is 13.0 Å². The maximum atomic E-state index is 12.6. The van der Waals surface area contributed by atoms with E-state index in [-0.39, 0.29) is 18.7 Å². The number of hydrogen-bond donors (Lipinski definition) is 1. The molecule has 0 fully saturated rings. The second kappa shape index (κ2) is 5.47. The second-order valence-electron chi connectivity index (χ2n) is 5.78. The van der Waals surface area contributed by atoms with E-state index in [0.29, 0.717) is 10.6 Å². The highest BCUT2D eigenvalue weighted by atomic mass is 32.1. The van der Waals surface area contributed by atoms with E-state index in [1.807, 2.05) is 47.2 Å². The molecule has 0 saturated carbocycles. The first-order valence-electron chi connectivity index (χ1n) is 7.74. The maximum Gasteiger partial charge on any atom is 0.261 e. The Morgan fingerprint density at radius 2 is 2.20 bits per heavy atom. The van der Waals surface area contributed by atoms with Gasteiger partial charge in [0.05, 0.1) is 16.4 Å². The van der Waals surface area contributed by atoms with Crippen molar-refractivity contribution < 1.29 is 14.3 Å². The average Bonchev–Trinajstić information content (AvgIpc) is 3.34. The van der Waals surface area contributed by atoms with Gasteiger partial charge in [-0.3, -0.25) is 9.20 Å². The number of hydrogen-bond acceptors (Lipinski definition) is 6. The molecule has 25 heavy (non-hydrogen) atoms. The molecule has 0 spiro atoms. The fourth-order valence-electron chi connectivity index (χ4n) is 2.89. The van der Waals surface area contributed by atoms with Crippen molar-refractivity contribution in [3.8, 4) is 11.5 Å². The number of nitrogens with one attached hydrogen (secondary N) is 1. The summed E-state index contributed by atoms with van der Waals surface area (Å²) in [6.45, 7) is 2.19. The van der Waals surface area contributed by atoms with Crippen LogP contribution in [0.2, 0.25) is 0 Å². The zero-order chi connectivity index (χ0) is 17.0. The fraction of sp³-hybridized carbons (Fsp3) is 0.176. The van der Waals surface area contributed by atoms with Crippen molar-refractivity contribution in [3.05, 3.63) is 46.3 Å². The van der Waals surface area contributed by atoms with Gasteiger partial charge in [0.1, 0.15) is 4.83 Å². The monoisotopic (exact) mass is 371 g/mol. The largest absolute Gasteiger partial charge is 0.454 e. The quantitative estimate of drug-likeness (QED) is 0.594. The third-order valence-corrected chi connectivity index (χ3v) is 5.98. The molecule has 0 radical (unpaired) electrons. The molecule has 0 unspecified atom stereocenters. The molecular formula is C17H13N3O3S2. The number of benzene rings is 1. The van der Waals surface area contributed by atoms with E-state index >= 15 is 0 Å². The van der Waals surface area contributed by atoms with E-state index < -0.39 is 0 Å². The topological polar surface area (TPSA) is 64.9 Å². The van der Waals surface area contributed by atoms with Gasteiger partial charge in [-0.1, -0.05) is 6.07 Å². The predicted octanol–water partition coefficient (Wildman–Crippen LogP) is 3.83. The molecule has 0 saturated heterocycles. The number of rotatable bonds is 3. The summed E-state index contributed by atoms with van der Waals surface area (Å²) >= 11 is 3.00. The third kappa shape index (κ3) is 2.37. The van der Waals surface area contributed by atoms with Crippen LogP contribution in [0, 0.1) is 0 Å². The average molecular weight is 371 g/mol. The minimum atomic E-state index is -0.139. The van der Waals surface area contributed by atoms with Gasteiger partial charge in [0.25, 0.3) is 5.91 Å². The molecule has 1 aliphatic heterocycles. The van der Waals surface area contributed by atoms with Crippen molar-refractivity contribution in [3.63, 3.8) is 0 Å². The molecule has 6 nitrogen and oxygen atoms in total. The van der Waals surface area contributed by atoms with Gasteiger partial charge in [0.2, 0.25) is 6.79 Å². The van der Waals surface area contributed by atoms with Crippen LogP contribution in [0.25, 0.3) is 15.3 Å². The van der Waals surface area contributed by atoms with Crippen molar-refractivity contribution in [1.82, 2.24) is 14.7 Å². The summed E-state index contributed by atoms with van der Waals surface area (Å²) in [6, 6.07) is 7.47. The summed E-state index contributed by atoms with van der Waals surface area (Å²) in [5.41, 5.74) is 1.95. The number of thiazole rings is 1. The minimum Gasteiger partial charge on any atom is -0.454 e. The molecule has 4 aromatic rings. The number of thiophene rings is 1. The minimum absolute atomic E-state index is 0.0999. The Bertz CT molecular complexity index is 1110. The predicted molar refractivity (Wildman–Crippen MR) is 96.9 cm³/mol. The zero-order valence-electron chi connectivity index (χ0n) is 13.2. The first kappa shape index (κ1) is 14.7. The van der Waals surface area contributed by atoms with E-state index in [4.69, 9.17) is 9.47 Å². The highest BCUT2D eigenvalue weighted by molar-refractivity contribution is 7.21. The lowest BCUT2D eigenvalue weighted by Gasteiger charge is -2.14. The molecular weight excluding hydrogens is 358 g/mol. The van der Waals surface area contributed by atoms with Gasteiger partial charge >= 0.3 is 0 Å². The van der Waals surface area contributed by atoms with E-state index in [1.54, 1.807) is 11.3 Å². The van der Waals surface area contributed by atoms with Crippen molar-refractivity contribution in [1.29, 1.82) is 0 Å². The number of carbonyl (C=O) groups is 1. The highest BCUT2D eigenvalue weighted by Gasteiger charge is 2.19. The van der Waals surface area contributed by atoms with Crippen LogP contribution in [0.3, 0.4) is 0 Å². The van der Waals surface area contributed by atoms with Gasteiger partial charge in [-0.25, -0.2) is 4.98 Å².